The van der Waals surface area contributed by atoms with E-state index in [4.69, 9.17) is 9.84 Å². The van der Waals surface area contributed by atoms with E-state index in [-0.39, 0.29) is 18.2 Å². The number of halogens is 1. The Bertz CT molecular complexity index is 544. The lowest BCUT2D eigenvalue weighted by Crippen LogP contribution is -2.51. The van der Waals surface area contributed by atoms with Gasteiger partial charge < -0.3 is 15.2 Å². The molecule has 21 heavy (non-hydrogen) atoms. The first-order valence-electron chi connectivity index (χ1n) is 6.57. The highest BCUT2D eigenvalue weighted by molar-refractivity contribution is 9.10. The molecular weight excluding hydrogens is 338 g/mol. The lowest BCUT2D eigenvalue weighted by Gasteiger charge is -2.33. The first-order chi connectivity index (χ1) is 9.69. The molecule has 1 unspecified atom stereocenters. The molecule has 0 aliphatic heterocycles. The number of benzene rings is 1. The van der Waals surface area contributed by atoms with Gasteiger partial charge in [-0.3, -0.25) is 9.59 Å². The van der Waals surface area contributed by atoms with Crippen LogP contribution in [0.3, 0.4) is 0 Å². The van der Waals surface area contributed by atoms with Gasteiger partial charge in [0.1, 0.15) is 5.75 Å². The number of carboxylic acid groups (broad SMARTS) is 1. The van der Waals surface area contributed by atoms with Crippen LogP contribution in [0.4, 0.5) is 0 Å². The van der Waals surface area contributed by atoms with Gasteiger partial charge in [0.25, 0.3) is 5.91 Å². The minimum absolute atomic E-state index is 0.0260. The Morgan fingerprint density at radius 2 is 2.05 bits per heavy atom. The van der Waals surface area contributed by atoms with Gasteiger partial charge in [0.2, 0.25) is 0 Å². The van der Waals surface area contributed by atoms with Crippen LogP contribution in [0.25, 0.3) is 0 Å². The van der Waals surface area contributed by atoms with Crippen molar-refractivity contribution < 1.29 is 19.4 Å². The zero-order chi connectivity index (χ0) is 16.2. The topological polar surface area (TPSA) is 75.6 Å². The molecular formula is C15H20BrNO4. The summed E-state index contributed by atoms with van der Waals surface area (Å²) in [6.45, 7) is 5.49. The maximum Gasteiger partial charge on any atom is 0.305 e. The van der Waals surface area contributed by atoms with Crippen molar-refractivity contribution >= 4 is 27.8 Å². The molecule has 0 aromatic heterocycles. The highest BCUT2D eigenvalue weighted by Crippen LogP contribution is 2.25. The summed E-state index contributed by atoms with van der Waals surface area (Å²) in [5.41, 5.74) is -0.419. The third-order valence-corrected chi connectivity index (χ3v) is 4.30. The lowest BCUT2D eigenvalue weighted by molar-refractivity contribution is -0.138. The molecule has 6 heteroatoms. The monoisotopic (exact) mass is 357 g/mol. The van der Waals surface area contributed by atoms with Crippen molar-refractivity contribution in [3.05, 3.63) is 28.2 Å². The third-order valence-electron chi connectivity index (χ3n) is 3.61. The number of hydrogen-bond acceptors (Lipinski definition) is 3. The fraction of sp³-hybridized carbons (Fsp3) is 0.467. The Balaban J connectivity index is 3.05. The normalized spacial score (nSPS) is 13.6. The molecule has 0 saturated carbocycles. The van der Waals surface area contributed by atoms with Crippen LogP contribution in [0.1, 0.15) is 37.6 Å². The fourth-order valence-corrected chi connectivity index (χ4v) is 2.27. The van der Waals surface area contributed by atoms with Crippen molar-refractivity contribution in [2.75, 3.05) is 7.11 Å². The lowest BCUT2D eigenvalue weighted by atomic mass is 9.85. The number of amides is 1. The van der Waals surface area contributed by atoms with Crippen LogP contribution in [0.5, 0.6) is 5.75 Å². The number of hydrogen-bond donors (Lipinski definition) is 2. The van der Waals surface area contributed by atoms with E-state index >= 15 is 0 Å². The summed E-state index contributed by atoms with van der Waals surface area (Å²) in [4.78, 5) is 23.5. The second-order valence-corrected chi connectivity index (χ2v) is 6.30. The Kier molecular flexibility index (Phi) is 5.78. The number of rotatable bonds is 6. The van der Waals surface area contributed by atoms with Crippen molar-refractivity contribution in [2.45, 2.75) is 32.7 Å². The molecule has 1 rings (SSSR count). The molecule has 2 N–H and O–H groups in total. The molecule has 1 aromatic carbocycles. The Morgan fingerprint density at radius 3 is 2.52 bits per heavy atom. The van der Waals surface area contributed by atoms with E-state index in [0.717, 1.165) is 0 Å². The Morgan fingerprint density at radius 1 is 1.43 bits per heavy atom. The maximum absolute atomic E-state index is 12.4. The fourth-order valence-electron chi connectivity index (χ4n) is 1.84. The molecule has 0 heterocycles. The van der Waals surface area contributed by atoms with E-state index in [1.54, 1.807) is 25.1 Å². The number of aliphatic carboxylic acids is 1. The van der Waals surface area contributed by atoms with E-state index in [1.807, 2.05) is 13.8 Å². The van der Waals surface area contributed by atoms with Crippen molar-refractivity contribution in [2.24, 2.45) is 5.92 Å². The number of carbonyl (C=O) groups is 2. The second-order valence-electron chi connectivity index (χ2n) is 5.44. The van der Waals surface area contributed by atoms with E-state index < -0.39 is 11.5 Å². The predicted octanol–water partition coefficient (Wildman–Crippen LogP) is 3.08. The molecule has 1 amide bonds. The second kappa shape index (κ2) is 6.93. The van der Waals surface area contributed by atoms with Gasteiger partial charge in [0.15, 0.2) is 0 Å². The first kappa shape index (κ1) is 17.5. The smallest absolute Gasteiger partial charge is 0.305 e. The first-order valence-corrected chi connectivity index (χ1v) is 7.36. The molecule has 116 valence electrons. The van der Waals surface area contributed by atoms with Crippen LogP contribution < -0.4 is 10.1 Å². The van der Waals surface area contributed by atoms with Crippen LogP contribution in [0.2, 0.25) is 0 Å². The van der Waals surface area contributed by atoms with Crippen molar-refractivity contribution in [1.82, 2.24) is 5.32 Å². The molecule has 1 aromatic rings. The number of carbonyl (C=O) groups excluding carboxylic acids is 1. The van der Waals surface area contributed by atoms with Gasteiger partial charge in [-0.25, -0.2) is 0 Å². The summed E-state index contributed by atoms with van der Waals surface area (Å²) in [5.74, 6) is -0.746. The minimum atomic E-state index is -0.948. The summed E-state index contributed by atoms with van der Waals surface area (Å²) in [6.07, 6.45) is -0.141. The van der Waals surface area contributed by atoms with E-state index in [0.29, 0.717) is 15.8 Å². The Hall–Kier alpha value is -1.56. The number of carboxylic acids is 1. The molecule has 0 aliphatic rings. The summed E-state index contributed by atoms with van der Waals surface area (Å²) < 4.78 is 5.73. The van der Waals surface area contributed by atoms with Crippen LogP contribution in [-0.2, 0) is 4.79 Å². The molecule has 0 radical (unpaired) electrons. The van der Waals surface area contributed by atoms with E-state index in [2.05, 4.69) is 21.2 Å². The van der Waals surface area contributed by atoms with Crippen molar-refractivity contribution in [3.8, 4) is 5.75 Å². The van der Waals surface area contributed by atoms with E-state index in [9.17, 15) is 9.59 Å². The van der Waals surface area contributed by atoms with Gasteiger partial charge >= 0.3 is 5.97 Å². The molecule has 0 saturated heterocycles. The van der Waals surface area contributed by atoms with Crippen LogP contribution in [-0.4, -0.2) is 29.6 Å². The van der Waals surface area contributed by atoms with Crippen LogP contribution in [0.15, 0.2) is 22.7 Å². The molecule has 0 aliphatic carbocycles. The van der Waals surface area contributed by atoms with Crippen LogP contribution >= 0.6 is 15.9 Å². The van der Waals surface area contributed by atoms with Gasteiger partial charge in [-0.2, -0.15) is 0 Å². The average molecular weight is 358 g/mol. The maximum atomic E-state index is 12.4. The standard InChI is InChI=1S/C15H20BrNO4/c1-9(2)15(3,8-13(18)19)17-14(20)11-7-10(21-4)5-6-12(11)16/h5-7,9H,8H2,1-4H3,(H,17,20)(H,18,19). The molecule has 1 atom stereocenters. The number of methoxy groups -OCH3 is 1. The van der Waals surface area contributed by atoms with Gasteiger partial charge in [-0.1, -0.05) is 13.8 Å². The minimum Gasteiger partial charge on any atom is -0.497 e. The summed E-state index contributed by atoms with van der Waals surface area (Å²) >= 11 is 3.32. The van der Waals surface area contributed by atoms with E-state index in [1.165, 1.54) is 7.11 Å². The Labute approximate surface area is 132 Å². The zero-order valence-electron chi connectivity index (χ0n) is 12.6. The molecule has 0 fully saturated rings. The molecule has 0 bridgehead atoms. The van der Waals surface area contributed by atoms with Gasteiger partial charge in [-0.05, 0) is 47.0 Å². The zero-order valence-corrected chi connectivity index (χ0v) is 14.2. The highest BCUT2D eigenvalue weighted by atomic mass is 79.9. The average Bonchev–Trinajstić information content (AvgIpc) is 2.37. The highest BCUT2D eigenvalue weighted by Gasteiger charge is 2.33. The van der Waals surface area contributed by atoms with Gasteiger partial charge in [-0.15, -0.1) is 0 Å². The summed E-state index contributed by atoms with van der Waals surface area (Å²) in [5, 5.41) is 11.9. The molecule has 0 spiro atoms. The van der Waals surface area contributed by atoms with Crippen LogP contribution in [0, 0.1) is 5.92 Å². The quantitative estimate of drug-likeness (QED) is 0.820. The summed E-state index contributed by atoms with van der Waals surface area (Å²) in [7, 11) is 1.52. The SMILES string of the molecule is COc1ccc(Br)c(C(=O)NC(C)(CC(=O)O)C(C)C)c1. The largest absolute Gasteiger partial charge is 0.497 e. The van der Waals surface area contributed by atoms with Crippen molar-refractivity contribution in [3.63, 3.8) is 0 Å². The van der Waals surface area contributed by atoms with Crippen molar-refractivity contribution in [1.29, 1.82) is 0 Å². The summed E-state index contributed by atoms with van der Waals surface area (Å²) in [6, 6.07) is 5.07. The number of ether oxygens (including phenoxy) is 1. The molecule has 5 nitrogen and oxygen atoms in total. The predicted molar refractivity (Wildman–Crippen MR) is 83.7 cm³/mol. The number of nitrogens with one attached hydrogen (secondary N) is 1. The van der Waals surface area contributed by atoms with Gasteiger partial charge in [0, 0.05) is 4.47 Å². The van der Waals surface area contributed by atoms with Gasteiger partial charge in [0.05, 0.1) is 24.6 Å². The third kappa shape index (κ3) is 4.46.